The number of aryl methyl sites for hydroxylation is 1. The van der Waals surface area contributed by atoms with Crippen LogP contribution >= 0.6 is 23.1 Å². The lowest BCUT2D eigenvalue weighted by Crippen LogP contribution is -2.34. The summed E-state index contributed by atoms with van der Waals surface area (Å²) in [6, 6.07) is 12.0. The van der Waals surface area contributed by atoms with E-state index < -0.39 is 0 Å². The number of aromatic amines is 1. The number of amides is 1. The van der Waals surface area contributed by atoms with E-state index in [-0.39, 0.29) is 5.91 Å². The van der Waals surface area contributed by atoms with Crippen molar-refractivity contribution in [3.05, 3.63) is 82.6 Å². The summed E-state index contributed by atoms with van der Waals surface area (Å²) in [7, 11) is 0. The zero-order chi connectivity index (χ0) is 21.2. The average Bonchev–Trinajstić information content (AvgIpc) is 3.44. The molecule has 31 heavy (non-hydrogen) atoms. The van der Waals surface area contributed by atoms with Crippen LogP contribution in [0.25, 0.3) is 16.6 Å². The van der Waals surface area contributed by atoms with E-state index in [0.29, 0.717) is 6.54 Å². The van der Waals surface area contributed by atoms with Gasteiger partial charge in [-0.05, 0) is 48.7 Å². The van der Waals surface area contributed by atoms with Crippen LogP contribution in [0.5, 0.6) is 0 Å². The molecule has 0 aliphatic carbocycles. The van der Waals surface area contributed by atoms with Crippen LogP contribution in [-0.2, 0) is 5.75 Å². The number of aromatic nitrogens is 3. The number of carbonyl (C=O) groups is 1. The van der Waals surface area contributed by atoms with Gasteiger partial charge in [-0.1, -0.05) is 30.0 Å². The molecule has 5 rings (SSSR count). The van der Waals surface area contributed by atoms with Gasteiger partial charge in [0.2, 0.25) is 0 Å². The third kappa shape index (κ3) is 4.29. The van der Waals surface area contributed by atoms with Gasteiger partial charge in [0, 0.05) is 58.8 Å². The van der Waals surface area contributed by atoms with Gasteiger partial charge in [-0.25, -0.2) is 9.97 Å². The number of hydrogen-bond acceptors (Lipinski definition) is 5. The monoisotopic (exact) mass is 446 g/mol. The standard InChI is InChI=1S/C24H22N4OS2/c1-16-14-30-24(27-16)31-15-17-4-6-19(7-5-17)23(29)28-11-8-18(9-12-28)21-13-26-22-20(21)3-2-10-25-22/h2-8,10,13-14H,9,11-12,15H2,1H3,(H,25,26). The summed E-state index contributed by atoms with van der Waals surface area (Å²) in [6.45, 7) is 3.36. The Bertz CT molecular complexity index is 1260. The van der Waals surface area contributed by atoms with Crippen molar-refractivity contribution in [3.8, 4) is 0 Å². The van der Waals surface area contributed by atoms with Crippen LogP contribution in [0.3, 0.4) is 0 Å². The normalized spacial score (nSPS) is 14.1. The summed E-state index contributed by atoms with van der Waals surface area (Å²) in [5.74, 6) is 0.946. The van der Waals surface area contributed by atoms with E-state index >= 15 is 0 Å². The molecule has 156 valence electrons. The van der Waals surface area contributed by atoms with Gasteiger partial charge in [0.15, 0.2) is 0 Å². The summed E-state index contributed by atoms with van der Waals surface area (Å²) in [5, 5.41) is 3.20. The smallest absolute Gasteiger partial charge is 0.254 e. The van der Waals surface area contributed by atoms with Gasteiger partial charge in [-0.15, -0.1) is 11.3 Å². The minimum absolute atomic E-state index is 0.0886. The van der Waals surface area contributed by atoms with Gasteiger partial charge in [0.25, 0.3) is 5.91 Å². The molecule has 1 amide bonds. The Balaban J connectivity index is 1.22. The highest BCUT2D eigenvalue weighted by Crippen LogP contribution is 2.29. The van der Waals surface area contributed by atoms with Crippen LogP contribution in [0, 0.1) is 6.92 Å². The SMILES string of the molecule is Cc1csc(SCc2ccc(C(=O)N3CC=C(c4c[nH]c5ncccc45)CC3)cc2)n1. The molecule has 0 saturated heterocycles. The first-order chi connectivity index (χ1) is 15.2. The molecular weight excluding hydrogens is 424 g/mol. The molecular formula is C24H22N4OS2. The summed E-state index contributed by atoms with van der Waals surface area (Å²) in [5.41, 5.74) is 6.37. The van der Waals surface area contributed by atoms with Crippen molar-refractivity contribution in [2.45, 2.75) is 23.4 Å². The number of hydrogen-bond donors (Lipinski definition) is 1. The van der Waals surface area contributed by atoms with Crippen LogP contribution in [-0.4, -0.2) is 38.8 Å². The van der Waals surface area contributed by atoms with Crippen molar-refractivity contribution in [2.75, 3.05) is 13.1 Å². The Hall–Kier alpha value is -2.90. The Morgan fingerprint density at radius 1 is 1.26 bits per heavy atom. The summed E-state index contributed by atoms with van der Waals surface area (Å²) < 4.78 is 1.08. The molecule has 0 radical (unpaired) electrons. The molecule has 0 bridgehead atoms. The number of nitrogens with zero attached hydrogens (tertiary/aromatic N) is 3. The van der Waals surface area contributed by atoms with Gasteiger partial charge in [-0.2, -0.15) is 0 Å². The number of pyridine rings is 1. The molecule has 0 unspecified atom stereocenters. The third-order valence-electron chi connectivity index (χ3n) is 5.45. The molecule has 0 fully saturated rings. The predicted molar refractivity (Wildman–Crippen MR) is 127 cm³/mol. The van der Waals surface area contributed by atoms with Crippen LogP contribution in [0.4, 0.5) is 0 Å². The lowest BCUT2D eigenvalue weighted by Gasteiger charge is -2.26. The molecule has 1 aliphatic heterocycles. The van der Waals surface area contributed by atoms with Crippen LogP contribution < -0.4 is 0 Å². The fraction of sp³-hybridized carbons (Fsp3) is 0.208. The second-order valence-electron chi connectivity index (χ2n) is 7.57. The van der Waals surface area contributed by atoms with Crippen molar-refractivity contribution in [1.29, 1.82) is 0 Å². The number of nitrogens with one attached hydrogen (secondary N) is 1. The lowest BCUT2D eigenvalue weighted by atomic mass is 9.99. The Labute approximate surface area is 189 Å². The van der Waals surface area contributed by atoms with Gasteiger partial charge in [0.1, 0.15) is 9.99 Å². The minimum atomic E-state index is 0.0886. The molecule has 1 N–H and O–H groups in total. The van der Waals surface area contributed by atoms with Crippen molar-refractivity contribution >= 4 is 45.6 Å². The third-order valence-corrected chi connectivity index (χ3v) is 7.66. The second-order valence-corrected chi connectivity index (χ2v) is 9.65. The van der Waals surface area contributed by atoms with Gasteiger partial charge in [-0.3, -0.25) is 4.79 Å². The first kappa shape index (κ1) is 20.0. The quantitative estimate of drug-likeness (QED) is 0.408. The van der Waals surface area contributed by atoms with E-state index in [4.69, 9.17) is 0 Å². The molecule has 0 atom stereocenters. The molecule has 3 aromatic heterocycles. The molecule has 0 saturated carbocycles. The largest absolute Gasteiger partial charge is 0.346 e. The van der Waals surface area contributed by atoms with E-state index in [9.17, 15) is 4.79 Å². The van der Waals surface area contributed by atoms with E-state index in [1.807, 2.05) is 48.4 Å². The minimum Gasteiger partial charge on any atom is -0.346 e. The molecule has 1 aliphatic rings. The molecule has 5 nitrogen and oxygen atoms in total. The molecule has 4 heterocycles. The number of fused-ring (bicyclic) bond motifs is 1. The van der Waals surface area contributed by atoms with Crippen molar-refractivity contribution in [2.24, 2.45) is 0 Å². The summed E-state index contributed by atoms with van der Waals surface area (Å²) >= 11 is 3.41. The molecule has 7 heteroatoms. The Kier molecular flexibility index (Phi) is 5.61. The zero-order valence-corrected chi connectivity index (χ0v) is 18.8. The molecule has 0 spiro atoms. The highest BCUT2D eigenvalue weighted by Gasteiger charge is 2.20. The van der Waals surface area contributed by atoms with E-state index in [1.165, 1.54) is 16.7 Å². The van der Waals surface area contributed by atoms with Gasteiger partial charge in [0.05, 0.1) is 0 Å². The van der Waals surface area contributed by atoms with E-state index in [2.05, 4.69) is 32.5 Å². The van der Waals surface area contributed by atoms with Gasteiger partial charge >= 0.3 is 0 Å². The number of carbonyl (C=O) groups excluding carboxylic acids is 1. The first-order valence-corrected chi connectivity index (χ1v) is 12.1. The maximum atomic E-state index is 13.0. The number of thiazole rings is 1. The number of thioether (sulfide) groups is 1. The Morgan fingerprint density at radius 3 is 2.87 bits per heavy atom. The van der Waals surface area contributed by atoms with E-state index in [1.54, 1.807) is 29.3 Å². The van der Waals surface area contributed by atoms with Crippen LogP contribution in [0.2, 0.25) is 0 Å². The first-order valence-electron chi connectivity index (χ1n) is 10.2. The van der Waals surface area contributed by atoms with Crippen LogP contribution in [0.15, 0.2) is 64.6 Å². The predicted octanol–water partition coefficient (Wildman–Crippen LogP) is 5.55. The lowest BCUT2D eigenvalue weighted by molar-refractivity contribution is 0.0773. The maximum Gasteiger partial charge on any atom is 0.254 e. The van der Waals surface area contributed by atoms with Crippen LogP contribution in [0.1, 0.15) is 33.6 Å². The molecule has 1 aromatic carbocycles. The summed E-state index contributed by atoms with van der Waals surface area (Å²) in [4.78, 5) is 27.0. The van der Waals surface area contributed by atoms with E-state index in [0.717, 1.165) is 45.3 Å². The van der Waals surface area contributed by atoms with Crippen molar-refractivity contribution < 1.29 is 4.79 Å². The average molecular weight is 447 g/mol. The number of rotatable bonds is 5. The highest BCUT2D eigenvalue weighted by molar-refractivity contribution is 8.00. The zero-order valence-electron chi connectivity index (χ0n) is 17.2. The maximum absolute atomic E-state index is 13.0. The van der Waals surface area contributed by atoms with Crippen molar-refractivity contribution in [1.82, 2.24) is 19.9 Å². The molecule has 4 aromatic rings. The number of H-pyrrole nitrogens is 1. The fourth-order valence-corrected chi connectivity index (χ4v) is 5.59. The second kappa shape index (κ2) is 8.69. The highest BCUT2D eigenvalue weighted by atomic mass is 32.2. The summed E-state index contributed by atoms with van der Waals surface area (Å²) in [6.07, 6.45) is 6.82. The number of benzene rings is 1. The Morgan fingerprint density at radius 2 is 2.13 bits per heavy atom. The van der Waals surface area contributed by atoms with Crippen molar-refractivity contribution in [3.63, 3.8) is 0 Å². The fourth-order valence-electron chi connectivity index (χ4n) is 3.79. The topological polar surface area (TPSA) is 61.9 Å². The van der Waals surface area contributed by atoms with Gasteiger partial charge < -0.3 is 9.88 Å².